The summed E-state index contributed by atoms with van der Waals surface area (Å²) in [4.78, 5) is 28.8. The van der Waals surface area contributed by atoms with Crippen LogP contribution in [0.25, 0.3) is 0 Å². The van der Waals surface area contributed by atoms with Crippen molar-refractivity contribution in [2.24, 2.45) is 0 Å². The van der Waals surface area contributed by atoms with Gasteiger partial charge in [-0.25, -0.2) is 8.42 Å². The summed E-state index contributed by atoms with van der Waals surface area (Å²) in [6, 6.07) is 19.1. The molecule has 10 heteroatoms. The van der Waals surface area contributed by atoms with Crippen molar-refractivity contribution in [3.8, 4) is 0 Å². The molecule has 1 atom stereocenters. The van der Waals surface area contributed by atoms with Crippen molar-refractivity contribution >= 4 is 50.7 Å². The molecule has 4 rings (SSSR count). The molecule has 1 aliphatic carbocycles. The summed E-state index contributed by atoms with van der Waals surface area (Å²) >= 11 is 12.3. The Hall–Kier alpha value is -3.07. The van der Waals surface area contributed by atoms with Crippen LogP contribution >= 0.6 is 23.2 Å². The van der Waals surface area contributed by atoms with Gasteiger partial charge in [0.15, 0.2) is 0 Å². The fourth-order valence-electron chi connectivity index (χ4n) is 4.85. The van der Waals surface area contributed by atoms with Gasteiger partial charge < -0.3 is 10.2 Å². The number of hydrogen-bond acceptors (Lipinski definition) is 4. The van der Waals surface area contributed by atoms with Crippen LogP contribution in [0.15, 0.2) is 77.7 Å². The van der Waals surface area contributed by atoms with Crippen molar-refractivity contribution in [3.63, 3.8) is 0 Å². The zero-order valence-corrected chi connectivity index (χ0v) is 24.8. The molecule has 3 aromatic rings. The van der Waals surface area contributed by atoms with Crippen molar-refractivity contribution in [1.29, 1.82) is 0 Å². The van der Waals surface area contributed by atoms with E-state index in [2.05, 4.69) is 5.32 Å². The van der Waals surface area contributed by atoms with Gasteiger partial charge in [-0.05, 0) is 74.2 Å². The summed E-state index contributed by atoms with van der Waals surface area (Å²) in [6.45, 7) is 3.00. The second-order valence-corrected chi connectivity index (χ2v) is 12.8. The number of halogens is 2. The van der Waals surface area contributed by atoms with Gasteiger partial charge in [0.2, 0.25) is 11.8 Å². The summed E-state index contributed by atoms with van der Waals surface area (Å²) < 4.78 is 28.9. The number of carbonyl (C=O) groups is 2. The first-order valence-electron chi connectivity index (χ1n) is 13.2. The van der Waals surface area contributed by atoms with Crippen LogP contribution in [-0.2, 0) is 26.2 Å². The number of nitrogens with zero attached hydrogens (tertiary/aromatic N) is 2. The van der Waals surface area contributed by atoms with Gasteiger partial charge in [-0.15, -0.1) is 0 Å². The summed E-state index contributed by atoms with van der Waals surface area (Å²) in [7, 11) is -4.16. The van der Waals surface area contributed by atoms with Gasteiger partial charge in [0, 0.05) is 22.6 Å². The molecule has 1 aliphatic rings. The highest BCUT2D eigenvalue weighted by molar-refractivity contribution is 7.92. The van der Waals surface area contributed by atoms with Crippen LogP contribution in [0.4, 0.5) is 5.69 Å². The number of carbonyl (C=O) groups excluding carboxylic acids is 2. The zero-order valence-electron chi connectivity index (χ0n) is 22.5. The van der Waals surface area contributed by atoms with E-state index in [4.69, 9.17) is 23.2 Å². The molecule has 40 heavy (non-hydrogen) atoms. The van der Waals surface area contributed by atoms with E-state index >= 15 is 0 Å². The molecule has 0 saturated heterocycles. The summed E-state index contributed by atoms with van der Waals surface area (Å²) in [5.74, 6) is -0.798. The van der Waals surface area contributed by atoms with Crippen LogP contribution in [0.3, 0.4) is 0 Å². The third-order valence-corrected chi connectivity index (χ3v) is 9.45. The van der Waals surface area contributed by atoms with Gasteiger partial charge in [0.05, 0.1) is 10.6 Å². The predicted molar refractivity (Wildman–Crippen MR) is 159 cm³/mol. The Kier molecular flexibility index (Phi) is 9.77. The number of amides is 2. The van der Waals surface area contributed by atoms with Gasteiger partial charge in [0.25, 0.3) is 10.0 Å². The van der Waals surface area contributed by atoms with E-state index in [-0.39, 0.29) is 23.4 Å². The normalized spacial score (nSPS) is 14.5. The molecule has 0 aliphatic heterocycles. The van der Waals surface area contributed by atoms with Crippen molar-refractivity contribution in [2.75, 3.05) is 10.8 Å². The second kappa shape index (κ2) is 13.1. The molecule has 1 saturated carbocycles. The molecule has 0 aromatic heterocycles. The Bertz CT molecular complexity index is 1440. The summed E-state index contributed by atoms with van der Waals surface area (Å²) in [5.41, 5.74) is 1.68. The minimum Gasteiger partial charge on any atom is -0.352 e. The number of nitrogens with one attached hydrogen (secondary N) is 1. The Morgan fingerprint density at radius 1 is 0.950 bits per heavy atom. The third kappa shape index (κ3) is 7.16. The Morgan fingerprint density at radius 3 is 2.23 bits per heavy atom. The molecule has 0 bridgehead atoms. The van der Waals surface area contributed by atoms with Crippen LogP contribution in [-0.4, -0.2) is 43.8 Å². The lowest BCUT2D eigenvalue weighted by atomic mass is 10.1. The van der Waals surface area contributed by atoms with Crippen LogP contribution in [0.5, 0.6) is 0 Å². The highest BCUT2D eigenvalue weighted by Crippen LogP contribution is 2.30. The number of aryl methyl sites for hydroxylation is 1. The first kappa shape index (κ1) is 29.9. The van der Waals surface area contributed by atoms with Gasteiger partial charge in [0.1, 0.15) is 12.6 Å². The lowest BCUT2D eigenvalue weighted by Crippen LogP contribution is -2.52. The van der Waals surface area contributed by atoms with E-state index in [1.165, 1.54) is 23.1 Å². The van der Waals surface area contributed by atoms with Crippen molar-refractivity contribution in [1.82, 2.24) is 10.2 Å². The molecule has 1 N–H and O–H groups in total. The van der Waals surface area contributed by atoms with Gasteiger partial charge in [-0.1, -0.05) is 72.4 Å². The fraction of sp³-hybridized carbons (Fsp3) is 0.333. The largest absolute Gasteiger partial charge is 0.352 e. The molecular weight excluding hydrogens is 569 g/mol. The fourth-order valence-corrected chi connectivity index (χ4v) is 6.63. The second-order valence-electron chi connectivity index (χ2n) is 10.1. The SMILES string of the molecule is Cc1ccc(Cl)cc1N(CC(=O)N(Cc1ccc(Cl)cc1)[C@H](C)C(=O)NC1CCCC1)S(=O)(=O)c1ccccc1. The number of anilines is 1. The van der Waals surface area contributed by atoms with Crippen LogP contribution in [0.2, 0.25) is 10.0 Å². The molecule has 0 heterocycles. The molecule has 0 unspecified atom stereocenters. The van der Waals surface area contributed by atoms with Gasteiger partial charge in [-0.3, -0.25) is 13.9 Å². The standard InChI is InChI=1S/C30H33Cl2N3O4S/c1-21-12-15-25(32)18-28(21)35(40(38,39)27-10-4-3-5-11-27)20-29(36)34(19-23-13-16-24(31)17-14-23)22(2)30(37)33-26-8-6-7-9-26/h3-5,10-18,22,26H,6-9,19-20H2,1-2H3,(H,33,37)/t22-/m1/s1. The van der Waals surface area contributed by atoms with E-state index < -0.39 is 28.5 Å². The summed E-state index contributed by atoms with van der Waals surface area (Å²) in [6.07, 6.45) is 3.91. The highest BCUT2D eigenvalue weighted by Gasteiger charge is 2.34. The molecule has 2 amide bonds. The first-order chi connectivity index (χ1) is 19.1. The van der Waals surface area contributed by atoms with Crippen molar-refractivity contribution in [2.45, 2.75) is 63.1 Å². The predicted octanol–water partition coefficient (Wildman–Crippen LogP) is 5.97. The average Bonchev–Trinajstić information content (AvgIpc) is 3.45. The number of rotatable bonds is 10. The molecule has 3 aromatic carbocycles. The van der Waals surface area contributed by atoms with Crippen LogP contribution in [0, 0.1) is 6.92 Å². The lowest BCUT2D eigenvalue weighted by molar-refractivity contribution is -0.139. The maximum absolute atomic E-state index is 14.0. The van der Waals surface area contributed by atoms with Gasteiger partial charge in [-0.2, -0.15) is 0 Å². The maximum Gasteiger partial charge on any atom is 0.264 e. The molecule has 0 spiro atoms. The van der Waals surface area contributed by atoms with Crippen molar-refractivity contribution in [3.05, 3.63) is 94.0 Å². The third-order valence-electron chi connectivity index (χ3n) is 7.18. The van der Waals surface area contributed by atoms with Crippen molar-refractivity contribution < 1.29 is 18.0 Å². The Morgan fingerprint density at radius 2 is 1.57 bits per heavy atom. The molecule has 1 fully saturated rings. The average molecular weight is 603 g/mol. The highest BCUT2D eigenvalue weighted by atomic mass is 35.5. The van der Waals surface area contributed by atoms with E-state index in [1.807, 2.05) is 0 Å². The van der Waals surface area contributed by atoms with E-state index in [0.717, 1.165) is 35.6 Å². The maximum atomic E-state index is 14.0. The van der Waals surface area contributed by atoms with Gasteiger partial charge >= 0.3 is 0 Å². The van der Waals surface area contributed by atoms with Crippen LogP contribution < -0.4 is 9.62 Å². The smallest absolute Gasteiger partial charge is 0.264 e. The number of hydrogen-bond donors (Lipinski definition) is 1. The topological polar surface area (TPSA) is 86.8 Å². The molecular formula is C30H33Cl2N3O4S. The van der Waals surface area contributed by atoms with Crippen LogP contribution in [0.1, 0.15) is 43.7 Å². The minimum absolute atomic E-state index is 0.0402. The number of benzene rings is 3. The number of sulfonamides is 1. The van der Waals surface area contributed by atoms with E-state index in [1.54, 1.807) is 68.4 Å². The van der Waals surface area contributed by atoms with E-state index in [0.29, 0.717) is 21.3 Å². The first-order valence-corrected chi connectivity index (χ1v) is 15.4. The quantitative estimate of drug-likeness (QED) is 0.310. The monoisotopic (exact) mass is 601 g/mol. The minimum atomic E-state index is -4.16. The van der Waals surface area contributed by atoms with E-state index in [9.17, 15) is 18.0 Å². The zero-order chi connectivity index (χ0) is 28.9. The molecule has 212 valence electrons. The summed E-state index contributed by atoms with van der Waals surface area (Å²) in [5, 5.41) is 3.95. The Labute approximate surface area is 246 Å². The molecule has 7 nitrogen and oxygen atoms in total. The molecule has 0 radical (unpaired) electrons. The Balaban J connectivity index is 1.70. The lowest BCUT2D eigenvalue weighted by Gasteiger charge is -2.33.